The Bertz CT molecular complexity index is 1020. The van der Waals surface area contributed by atoms with Crippen molar-refractivity contribution in [2.24, 2.45) is 0 Å². The molecule has 5 heteroatoms. The molecule has 3 aromatic carbocycles. The number of benzene rings is 3. The molecule has 1 aliphatic rings. The first kappa shape index (κ1) is 20.1. The number of hydrogen-bond acceptors (Lipinski definition) is 5. The van der Waals surface area contributed by atoms with Crippen LogP contribution in [0.5, 0.6) is 23.0 Å². The number of methoxy groups -OCH3 is 4. The number of rotatable bonds is 6. The van der Waals surface area contributed by atoms with E-state index in [9.17, 15) is 0 Å². The average molecular weight is 405 g/mol. The summed E-state index contributed by atoms with van der Waals surface area (Å²) in [5, 5.41) is 3.83. The Morgan fingerprint density at radius 2 is 1.30 bits per heavy atom. The molecule has 1 aliphatic heterocycles. The lowest BCUT2D eigenvalue weighted by Gasteiger charge is -2.35. The van der Waals surface area contributed by atoms with Crippen LogP contribution in [0.3, 0.4) is 0 Å². The van der Waals surface area contributed by atoms with E-state index in [-0.39, 0.29) is 12.1 Å². The van der Waals surface area contributed by atoms with Crippen molar-refractivity contribution in [2.45, 2.75) is 18.5 Å². The minimum atomic E-state index is 0.0350. The molecule has 0 saturated heterocycles. The van der Waals surface area contributed by atoms with E-state index in [4.69, 9.17) is 18.9 Å². The van der Waals surface area contributed by atoms with E-state index >= 15 is 0 Å². The normalized spacial score (nSPS) is 17.7. The zero-order valence-electron chi connectivity index (χ0n) is 17.8. The van der Waals surface area contributed by atoms with Crippen LogP contribution in [0.15, 0.2) is 60.7 Å². The zero-order valence-corrected chi connectivity index (χ0v) is 17.8. The third kappa shape index (κ3) is 3.68. The van der Waals surface area contributed by atoms with E-state index in [1.807, 2.05) is 18.2 Å². The molecule has 0 amide bonds. The smallest absolute Gasteiger partial charge is 0.161 e. The van der Waals surface area contributed by atoms with Gasteiger partial charge in [-0.15, -0.1) is 0 Å². The third-order valence-corrected chi connectivity index (χ3v) is 5.69. The molecule has 0 unspecified atom stereocenters. The van der Waals surface area contributed by atoms with Gasteiger partial charge >= 0.3 is 0 Å². The Labute approximate surface area is 177 Å². The molecule has 5 nitrogen and oxygen atoms in total. The van der Waals surface area contributed by atoms with Gasteiger partial charge in [-0.1, -0.05) is 36.4 Å². The van der Waals surface area contributed by atoms with Crippen LogP contribution in [-0.4, -0.2) is 28.4 Å². The van der Waals surface area contributed by atoms with Crippen LogP contribution in [0, 0.1) is 0 Å². The fraction of sp³-hybridized carbons (Fsp3) is 0.280. The Morgan fingerprint density at radius 3 is 1.97 bits per heavy atom. The van der Waals surface area contributed by atoms with E-state index in [1.165, 1.54) is 16.7 Å². The maximum absolute atomic E-state index is 5.57. The van der Waals surface area contributed by atoms with Crippen molar-refractivity contribution in [3.8, 4) is 23.0 Å². The van der Waals surface area contributed by atoms with Crippen LogP contribution in [0.4, 0.5) is 0 Å². The van der Waals surface area contributed by atoms with Gasteiger partial charge in [-0.2, -0.15) is 0 Å². The Balaban J connectivity index is 1.80. The van der Waals surface area contributed by atoms with E-state index in [2.05, 4.69) is 47.8 Å². The van der Waals surface area contributed by atoms with Crippen LogP contribution < -0.4 is 24.3 Å². The molecule has 0 spiro atoms. The van der Waals surface area contributed by atoms with Crippen LogP contribution in [0.1, 0.15) is 34.3 Å². The van der Waals surface area contributed by atoms with E-state index in [0.717, 1.165) is 35.0 Å². The molecule has 156 valence electrons. The number of hydrogen-bond donors (Lipinski definition) is 1. The van der Waals surface area contributed by atoms with Crippen molar-refractivity contribution in [1.29, 1.82) is 0 Å². The van der Waals surface area contributed by atoms with Gasteiger partial charge in [0, 0.05) is 6.04 Å². The summed E-state index contributed by atoms with van der Waals surface area (Å²) in [5.41, 5.74) is 4.79. The summed E-state index contributed by atoms with van der Waals surface area (Å²) >= 11 is 0. The van der Waals surface area contributed by atoms with Crippen LogP contribution in [0.2, 0.25) is 0 Å². The second-order valence-electron chi connectivity index (χ2n) is 7.29. The van der Waals surface area contributed by atoms with Crippen molar-refractivity contribution in [2.75, 3.05) is 28.4 Å². The van der Waals surface area contributed by atoms with E-state index in [0.29, 0.717) is 0 Å². The Hall–Kier alpha value is -3.18. The third-order valence-electron chi connectivity index (χ3n) is 5.69. The van der Waals surface area contributed by atoms with Crippen molar-refractivity contribution in [3.63, 3.8) is 0 Å². The van der Waals surface area contributed by atoms with Gasteiger partial charge in [0.25, 0.3) is 0 Å². The molecular formula is C25H27NO4. The summed E-state index contributed by atoms with van der Waals surface area (Å²) in [6, 6.07) is 20.9. The Morgan fingerprint density at radius 1 is 0.667 bits per heavy atom. The van der Waals surface area contributed by atoms with Crippen molar-refractivity contribution >= 4 is 0 Å². The van der Waals surface area contributed by atoms with Gasteiger partial charge in [-0.05, 0) is 52.9 Å². The monoisotopic (exact) mass is 405 g/mol. The molecule has 30 heavy (non-hydrogen) atoms. The topological polar surface area (TPSA) is 49.0 Å². The first-order chi connectivity index (χ1) is 14.7. The fourth-order valence-electron chi connectivity index (χ4n) is 4.16. The predicted octanol–water partition coefficient (Wildman–Crippen LogP) is 4.70. The highest BCUT2D eigenvalue weighted by Crippen LogP contribution is 2.42. The average Bonchev–Trinajstić information content (AvgIpc) is 2.82. The van der Waals surface area contributed by atoms with Gasteiger partial charge in [0.1, 0.15) is 0 Å². The number of nitrogens with one attached hydrogen (secondary N) is 1. The second kappa shape index (κ2) is 8.67. The number of fused-ring (bicyclic) bond motifs is 1. The predicted molar refractivity (Wildman–Crippen MR) is 117 cm³/mol. The van der Waals surface area contributed by atoms with Crippen molar-refractivity contribution in [3.05, 3.63) is 82.9 Å². The van der Waals surface area contributed by atoms with Crippen molar-refractivity contribution in [1.82, 2.24) is 5.32 Å². The fourth-order valence-corrected chi connectivity index (χ4v) is 4.16. The van der Waals surface area contributed by atoms with Crippen LogP contribution in [0.25, 0.3) is 0 Å². The molecule has 4 rings (SSSR count). The SMILES string of the molecule is COc1ccc([C@@H]2Cc3cc(OC)c(OC)cc3[C@@H](c3ccccc3)N2)cc1OC. The Kier molecular flexibility index (Phi) is 5.81. The second-order valence-corrected chi connectivity index (χ2v) is 7.29. The minimum Gasteiger partial charge on any atom is -0.493 e. The quantitative estimate of drug-likeness (QED) is 0.644. The van der Waals surface area contributed by atoms with Gasteiger partial charge in [0.2, 0.25) is 0 Å². The number of ether oxygens (including phenoxy) is 4. The standard InChI is InChI=1S/C25H27NO4/c1-27-21-11-10-17(13-22(21)28-2)20-12-18-14-23(29-3)24(30-4)15-19(18)25(26-20)16-8-6-5-7-9-16/h5-11,13-15,20,25-26H,12H2,1-4H3/t20-,25+/m0/s1. The highest BCUT2D eigenvalue weighted by atomic mass is 16.5. The molecule has 1 N–H and O–H groups in total. The lowest BCUT2D eigenvalue weighted by molar-refractivity contribution is 0.349. The molecular weight excluding hydrogens is 378 g/mol. The lowest BCUT2D eigenvalue weighted by atomic mass is 9.84. The minimum absolute atomic E-state index is 0.0350. The van der Waals surface area contributed by atoms with Crippen LogP contribution in [-0.2, 0) is 6.42 Å². The molecule has 2 atom stereocenters. The first-order valence-corrected chi connectivity index (χ1v) is 9.96. The van der Waals surface area contributed by atoms with Gasteiger partial charge in [-0.25, -0.2) is 0 Å². The van der Waals surface area contributed by atoms with Gasteiger partial charge in [-0.3, -0.25) is 5.32 Å². The highest BCUT2D eigenvalue weighted by Gasteiger charge is 2.30. The molecule has 0 saturated carbocycles. The summed E-state index contributed by atoms with van der Waals surface area (Å²) in [4.78, 5) is 0. The summed E-state index contributed by atoms with van der Waals surface area (Å²) in [7, 11) is 6.66. The maximum atomic E-state index is 5.57. The first-order valence-electron chi connectivity index (χ1n) is 9.96. The van der Waals surface area contributed by atoms with Gasteiger partial charge in [0.05, 0.1) is 34.5 Å². The molecule has 0 bridgehead atoms. The zero-order chi connectivity index (χ0) is 21.1. The molecule has 0 aliphatic carbocycles. The molecule has 0 aromatic heterocycles. The summed E-state index contributed by atoms with van der Waals surface area (Å²) in [6.45, 7) is 0. The van der Waals surface area contributed by atoms with Gasteiger partial charge in [0.15, 0.2) is 23.0 Å². The summed E-state index contributed by atoms with van der Waals surface area (Å²) in [5.74, 6) is 2.94. The van der Waals surface area contributed by atoms with Crippen molar-refractivity contribution < 1.29 is 18.9 Å². The molecule has 0 fully saturated rings. The largest absolute Gasteiger partial charge is 0.493 e. The van der Waals surface area contributed by atoms with Crippen LogP contribution >= 0.6 is 0 Å². The van der Waals surface area contributed by atoms with Gasteiger partial charge < -0.3 is 18.9 Å². The lowest BCUT2D eigenvalue weighted by Crippen LogP contribution is -2.34. The molecule has 3 aromatic rings. The highest BCUT2D eigenvalue weighted by molar-refractivity contribution is 5.53. The summed E-state index contributed by atoms with van der Waals surface area (Å²) < 4.78 is 22.1. The van der Waals surface area contributed by atoms with E-state index in [1.54, 1.807) is 28.4 Å². The van der Waals surface area contributed by atoms with E-state index < -0.39 is 0 Å². The maximum Gasteiger partial charge on any atom is 0.161 e. The summed E-state index contributed by atoms with van der Waals surface area (Å²) in [6.07, 6.45) is 0.828. The molecule has 0 radical (unpaired) electrons. The molecule has 1 heterocycles.